The molecule has 8 unspecified atom stereocenters. The van der Waals surface area contributed by atoms with Crippen LogP contribution in [0.4, 0.5) is 10.0 Å². The fraction of sp³-hybridized carbons (Fsp3) is 0.550. The number of nitrogens with zero attached hydrogens (tertiary/aromatic N) is 4. The van der Waals surface area contributed by atoms with Crippen LogP contribution in [-0.4, -0.2) is 43.7 Å². The molecule has 51 heavy (non-hydrogen) atoms. The number of aryl methyl sites for hydroxylation is 2. The molecule has 0 amide bonds. The predicted molar refractivity (Wildman–Crippen MR) is 206 cm³/mol. The molecule has 0 radical (unpaired) electrons. The largest absolute Gasteiger partial charge is 0.340 e. The van der Waals surface area contributed by atoms with E-state index in [2.05, 4.69) is 23.2 Å². The number of carbonyl (C=O) groups excluding carboxylic acids is 4. The van der Waals surface area contributed by atoms with Gasteiger partial charge in [-0.1, -0.05) is 51.4 Å². The molecular formula is C40H40N4O4S3. The molecule has 262 valence electrons. The number of aliphatic imine (C=N–C) groups is 2. The highest BCUT2D eigenvalue weighted by atomic mass is 32.1. The Balaban J connectivity index is 0.934. The van der Waals surface area contributed by atoms with Gasteiger partial charge in [0.15, 0.2) is 34.6 Å². The Morgan fingerprint density at radius 3 is 1.18 bits per heavy atom. The van der Waals surface area contributed by atoms with Crippen LogP contribution in [0.3, 0.4) is 0 Å². The van der Waals surface area contributed by atoms with Crippen molar-refractivity contribution in [1.29, 1.82) is 0 Å². The zero-order valence-corrected chi connectivity index (χ0v) is 31.4. The van der Waals surface area contributed by atoms with Crippen LogP contribution in [0, 0.1) is 47.3 Å². The average Bonchev–Trinajstić information content (AvgIpc) is 3.99. The molecule has 5 aromatic rings. The van der Waals surface area contributed by atoms with E-state index in [0.29, 0.717) is 33.7 Å². The number of thiophene rings is 3. The van der Waals surface area contributed by atoms with E-state index in [-0.39, 0.29) is 58.2 Å². The van der Waals surface area contributed by atoms with Crippen molar-refractivity contribution in [3.8, 4) is 0 Å². The molecule has 5 heterocycles. The molecule has 0 spiro atoms. The topological polar surface area (TPSA) is 103 Å². The summed E-state index contributed by atoms with van der Waals surface area (Å²) in [6.45, 7) is 0. The van der Waals surface area contributed by atoms with E-state index in [1.54, 1.807) is 34.0 Å². The minimum absolute atomic E-state index is 0.0317. The lowest BCUT2D eigenvalue weighted by Gasteiger charge is -2.39. The highest BCUT2D eigenvalue weighted by Gasteiger charge is 2.53. The van der Waals surface area contributed by atoms with Crippen LogP contribution in [-0.2, 0) is 33.3 Å². The Labute approximate surface area is 307 Å². The molecular weight excluding hydrogens is 697 g/mol. The molecule has 6 aliphatic rings. The van der Waals surface area contributed by atoms with Crippen LogP contribution >= 0.6 is 34.0 Å². The first kappa shape index (κ1) is 31.3. The number of carbonyl (C=O) groups is 4. The molecule has 11 heteroatoms. The van der Waals surface area contributed by atoms with E-state index < -0.39 is 0 Å². The summed E-state index contributed by atoms with van der Waals surface area (Å²) in [5.41, 5.74) is 4.77. The second-order valence-corrected chi connectivity index (χ2v) is 19.6. The maximum Gasteiger partial charge on any atom is 0.188 e. The fourth-order valence-electron chi connectivity index (χ4n) is 11.6. The summed E-state index contributed by atoms with van der Waals surface area (Å²) in [6, 6.07) is 4.07. The van der Waals surface area contributed by atoms with Gasteiger partial charge in [0.1, 0.15) is 10.0 Å². The molecule has 0 aromatic carbocycles. The summed E-state index contributed by atoms with van der Waals surface area (Å²) in [4.78, 5) is 63.9. The molecule has 5 aromatic heterocycles. The van der Waals surface area contributed by atoms with Gasteiger partial charge in [-0.25, -0.2) is 9.98 Å². The number of ketones is 4. The van der Waals surface area contributed by atoms with Crippen LogP contribution in [0.5, 0.6) is 0 Å². The molecule has 6 saturated carbocycles. The van der Waals surface area contributed by atoms with Gasteiger partial charge in [0.05, 0.1) is 40.9 Å². The van der Waals surface area contributed by atoms with E-state index in [1.165, 1.54) is 60.8 Å². The first-order chi connectivity index (χ1) is 24.7. The van der Waals surface area contributed by atoms with Gasteiger partial charge >= 0.3 is 0 Å². The number of hydrogen-bond donors (Lipinski definition) is 0. The zero-order valence-electron chi connectivity index (χ0n) is 28.9. The first-order valence-electron chi connectivity index (χ1n) is 19.0. The van der Waals surface area contributed by atoms with Crippen molar-refractivity contribution >= 4 is 119 Å². The number of rotatable bonds is 2. The van der Waals surface area contributed by atoms with Crippen molar-refractivity contribution in [3.05, 3.63) is 12.1 Å². The number of hydrogen-bond acceptors (Lipinski definition) is 9. The summed E-state index contributed by atoms with van der Waals surface area (Å²) in [5, 5.41) is 1.43. The van der Waals surface area contributed by atoms with Crippen molar-refractivity contribution in [2.24, 2.45) is 71.4 Å². The maximum absolute atomic E-state index is 13.6. The molecule has 6 aliphatic carbocycles. The second-order valence-electron chi connectivity index (χ2n) is 16.5. The van der Waals surface area contributed by atoms with Crippen molar-refractivity contribution in [3.63, 3.8) is 0 Å². The van der Waals surface area contributed by atoms with Gasteiger partial charge in [0.2, 0.25) is 0 Å². The van der Waals surface area contributed by atoms with E-state index in [4.69, 9.17) is 9.98 Å². The van der Waals surface area contributed by atoms with Crippen LogP contribution in [0.1, 0.15) is 77.0 Å². The first-order valence-corrected chi connectivity index (χ1v) is 21.5. The number of aromatic nitrogens is 2. The summed E-state index contributed by atoms with van der Waals surface area (Å²) < 4.78 is 9.00. The minimum Gasteiger partial charge on any atom is -0.340 e. The molecule has 8 atom stereocenters. The summed E-state index contributed by atoms with van der Waals surface area (Å²) in [5.74, 6) is 1.49. The zero-order chi connectivity index (χ0) is 34.4. The third kappa shape index (κ3) is 4.34. The summed E-state index contributed by atoms with van der Waals surface area (Å²) in [6.07, 6.45) is 13.2. The van der Waals surface area contributed by atoms with Gasteiger partial charge in [-0.2, -0.15) is 0 Å². The molecule has 6 fully saturated rings. The molecule has 0 saturated heterocycles. The standard InChI is InChI=1S/C40H40N4O4S3/c1-43-25-15-27(41-29-33(45)21-11-17-7-3-4-8-18(17)12-22(21)34(29)46)49-37(25)39-31(43)32-40(51-39)38-26(44(32)2)16-28(50-38)42-30-35(47)23-13-19-9-5-6-10-20(19)14-24(23)36(30)48/h15-24H,3-14H2,1-2H3. The SMILES string of the molecule is Cn1c2cc(N=C3C(=O)C4CC5CCCCC5CC4C3=O)sc2c2sc3c4sc(N=C5C(=O)C6CC7CCCCC7CC6C5=O)cc4n(C)c3c21. The van der Waals surface area contributed by atoms with Crippen molar-refractivity contribution in [2.45, 2.75) is 77.0 Å². The van der Waals surface area contributed by atoms with Crippen LogP contribution in [0.15, 0.2) is 22.1 Å². The molecule has 0 N–H and O–H groups in total. The van der Waals surface area contributed by atoms with Crippen molar-refractivity contribution < 1.29 is 19.2 Å². The smallest absolute Gasteiger partial charge is 0.188 e. The monoisotopic (exact) mass is 736 g/mol. The number of Topliss-reactive ketones (excluding diaryl/α,β-unsaturated/α-hetero) is 4. The Bertz CT molecular complexity index is 2230. The van der Waals surface area contributed by atoms with Crippen LogP contribution < -0.4 is 0 Å². The van der Waals surface area contributed by atoms with Gasteiger partial charge < -0.3 is 9.13 Å². The van der Waals surface area contributed by atoms with Gasteiger partial charge in [-0.05, 0) is 61.5 Å². The third-order valence-electron chi connectivity index (χ3n) is 14.1. The van der Waals surface area contributed by atoms with E-state index in [1.807, 2.05) is 12.1 Å². The summed E-state index contributed by atoms with van der Waals surface area (Å²) in [7, 11) is 4.15. The lowest BCUT2D eigenvalue weighted by atomic mass is 9.64. The van der Waals surface area contributed by atoms with E-state index in [9.17, 15) is 19.2 Å². The Hall–Kier alpha value is -3.28. The molecule has 0 aliphatic heterocycles. The van der Waals surface area contributed by atoms with Gasteiger partial charge in [0.25, 0.3) is 0 Å². The van der Waals surface area contributed by atoms with Gasteiger partial charge in [-0.15, -0.1) is 34.0 Å². The van der Waals surface area contributed by atoms with Crippen molar-refractivity contribution in [1.82, 2.24) is 9.13 Å². The van der Waals surface area contributed by atoms with E-state index >= 15 is 0 Å². The highest BCUT2D eigenvalue weighted by Crippen LogP contribution is 2.53. The minimum atomic E-state index is -0.180. The lowest BCUT2D eigenvalue weighted by molar-refractivity contribution is -0.123. The Morgan fingerprint density at radius 1 is 0.510 bits per heavy atom. The maximum atomic E-state index is 13.6. The quantitative estimate of drug-likeness (QED) is 0.180. The lowest BCUT2D eigenvalue weighted by Crippen LogP contribution is -2.35. The van der Waals surface area contributed by atoms with Gasteiger partial charge in [0, 0.05) is 37.8 Å². The van der Waals surface area contributed by atoms with Gasteiger partial charge in [-0.3, -0.25) is 19.2 Å². The summed E-state index contributed by atoms with van der Waals surface area (Å²) >= 11 is 4.87. The predicted octanol–water partition coefficient (Wildman–Crippen LogP) is 9.27. The Morgan fingerprint density at radius 2 is 0.843 bits per heavy atom. The Kier molecular flexibility index (Phi) is 6.82. The normalized spacial score (nSPS) is 32.4. The molecule has 8 nitrogen and oxygen atoms in total. The molecule has 0 bridgehead atoms. The van der Waals surface area contributed by atoms with Crippen LogP contribution in [0.2, 0.25) is 0 Å². The fourth-order valence-corrected chi connectivity index (χ4v) is 15.3. The van der Waals surface area contributed by atoms with Crippen LogP contribution in [0.25, 0.3) is 40.9 Å². The third-order valence-corrected chi connectivity index (χ3v) is 17.7. The number of fused-ring (bicyclic) bond motifs is 11. The van der Waals surface area contributed by atoms with Crippen molar-refractivity contribution in [2.75, 3.05) is 0 Å². The highest BCUT2D eigenvalue weighted by molar-refractivity contribution is 7.35. The van der Waals surface area contributed by atoms with E-state index in [0.717, 1.165) is 57.1 Å². The molecule has 11 rings (SSSR count). The second kappa shape index (κ2) is 11.1. The average molecular weight is 737 g/mol.